The zero-order valence-electron chi connectivity index (χ0n) is 16.8. The van der Waals surface area contributed by atoms with Crippen molar-refractivity contribution in [2.24, 2.45) is 28.6 Å². The Kier molecular flexibility index (Phi) is 13.8. The van der Waals surface area contributed by atoms with Gasteiger partial charge in [0, 0.05) is 6.42 Å². The predicted molar refractivity (Wildman–Crippen MR) is 110 cm³/mol. The summed E-state index contributed by atoms with van der Waals surface area (Å²) in [6, 6.07) is 0. The fraction of sp³-hybridized carbons (Fsp3) is 0.952. The standard InChI is InChI=1S/C21H44N4/c1-19(20-17-18-20)15-13-11-9-7-5-3-2-4-6-8-10-12-14-16-21(24-22)25-23/h19-20H,2-18,22-23H2,1H3,(H,24,25). The van der Waals surface area contributed by atoms with Gasteiger partial charge in [-0.2, -0.15) is 5.10 Å². The first kappa shape index (κ1) is 22.3. The number of nitrogens with zero attached hydrogens (tertiary/aromatic N) is 1. The van der Waals surface area contributed by atoms with Crippen molar-refractivity contribution in [1.29, 1.82) is 0 Å². The first-order valence-electron chi connectivity index (χ1n) is 11.0. The normalized spacial score (nSPS) is 16.2. The van der Waals surface area contributed by atoms with Crippen molar-refractivity contribution in [2.45, 2.75) is 116 Å². The highest BCUT2D eigenvalue weighted by molar-refractivity contribution is 5.81. The molecule has 25 heavy (non-hydrogen) atoms. The van der Waals surface area contributed by atoms with Crippen LogP contribution in [0.1, 0.15) is 116 Å². The molecule has 0 aliphatic heterocycles. The minimum atomic E-state index is 0.706. The van der Waals surface area contributed by atoms with Crippen LogP contribution in [0.15, 0.2) is 5.10 Å². The van der Waals surface area contributed by atoms with Crippen LogP contribution in [0, 0.1) is 11.8 Å². The van der Waals surface area contributed by atoms with Gasteiger partial charge in [0.05, 0.1) is 0 Å². The molecular formula is C21H44N4. The van der Waals surface area contributed by atoms with Crippen LogP contribution < -0.4 is 17.1 Å². The van der Waals surface area contributed by atoms with Gasteiger partial charge in [0.1, 0.15) is 5.84 Å². The van der Waals surface area contributed by atoms with E-state index < -0.39 is 0 Å². The van der Waals surface area contributed by atoms with E-state index in [9.17, 15) is 0 Å². The van der Waals surface area contributed by atoms with E-state index in [0.717, 1.165) is 24.7 Å². The van der Waals surface area contributed by atoms with Crippen LogP contribution in [0.3, 0.4) is 0 Å². The molecule has 0 saturated heterocycles. The molecule has 148 valence electrons. The number of hydrogen-bond acceptors (Lipinski definition) is 3. The van der Waals surface area contributed by atoms with Gasteiger partial charge >= 0.3 is 0 Å². The van der Waals surface area contributed by atoms with E-state index in [1.54, 1.807) is 0 Å². The molecule has 0 bridgehead atoms. The van der Waals surface area contributed by atoms with E-state index >= 15 is 0 Å². The lowest BCUT2D eigenvalue weighted by atomic mass is 9.97. The summed E-state index contributed by atoms with van der Waals surface area (Å²) in [6.07, 6.45) is 23.4. The number of hydrazone groups is 1. The zero-order valence-corrected chi connectivity index (χ0v) is 16.8. The second-order valence-electron chi connectivity index (χ2n) is 8.17. The van der Waals surface area contributed by atoms with Crippen molar-refractivity contribution in [3.05, 3.63) is 0 Å². The largest absolute Gasteiger partial charge is 0.322 e. The molecule has 1 fully saturated rings. The van der Waals surface area contributed by atoms with Crippen LogP contribution in [0.2, 0.25) is 0 Å². The minimum Gasteiger partial charge on any atom is -0.322 e. The topological polar surface area (TPSA) is 76.4 Å². The average Bonchev–Trinajstić information content (AvgIpc) is 3.46. The van der Waals surface area contributed by atoms with Crippen LogP contribution in [0.25, 0.3) is 0 Å². The van der Waals surface area contributed by atoms with Gasteiger partial charge in [-0.05, 0) is 31.1 Å². The van der Waals surface area contributed by atoms with E-state index in [2.05, 4.69) is 17.5 Å². The molecule has 5 N–H and O–H groups in total. The van der Waals surface area contributed by atoms with E-state index in [-0.39, 0.29) is 0 Å². The molecule has 1 unspecified atom stereocenters. The third-order valence-electron chi connectivity index (χ3n) is 5.82. The molecule has 1 saturated carbocycles. The fourth-order valence-corrected chi connectivity index (χ4v) is 3.78. The number of amidine groups is 1. The molecule has 0 aromatic rings. The maximum absolute atomic E-state index is 5.30. The lowest BCUT2D eigenvalue weighted by Crippen LogP contribution is -2.31. The average molecular weight is 353 g/mol. The van der Waals surface area contributed by atoms with Crippen molar-refractivity contribution < 1.29 is 0 Å². The van der Waals surface area contributed by atoms with E-state index in [0.29, 0.717) is 5.84 Å². The Balaban J connectivity index is 1.69. The summed E-state index contributed by atoms with van der Waals surface area (Å²) < 4.78 is 0. The Morgan fingerprint density at radius 2 is 1.28 bits per heavy atom. The van der Waals surface area contributed by atoms with Crippen LogP contribution in [0.4, 0.5) is 0 Å². The number of nitrogens with two attached hydrogens (primary N) is 2. The maximum Gasteiger partial charge on any atom is 0.135 e. The van der Waals surface area contributed by atoms with Gasteiger partial charge in [-0.1, -0.05) is 90.4 Å². The van der Waals surface area contributed by atoms with E-state index in [1.165, 1.54) is 96.3 Å². The molecule has 0 radical (unpaired) electrons. The third-order valence-corrected chi connectivity index (χ3v) is 5.82. The molecule has 0 heterocycles. The SMILES string of the molecule is CC(CCCCCCCCCCCCCCC/C(=N/N)NN)C1CC1. The number of unbranched alkanes of at least 4 members (excludes halogenated alkanes) is 12. The molecular weight excluding hydrogens is 308 g/mol. The number of hydrogen-bond donors (Lipinski definition) is 3. The molecule has 0 amide bonds. The highest BCUT2D eigenvalue weighted by atomic mass is 15.3. The summed E-state index contributed by atoms with van der Waals surface area (Å²) in [4.78, 5) is 0. The van der Waals surface area contributed by atoms with Gasteiger partial charge in [-0.15, -0.1) is 0 Å². The summed E-state index contributed by atoms with van der Waals surface area (Å²) in [5.74, 6) is 13.3. The number of rotatable bonds is 17. The summed E-state index contributed by atoms with van der Waals surface area (Å²) >= 11 is 0. The van der Waals surface area contributed by atoms with Crippen molar-refractivity contribution in [2.75, 3.05) is 0 Å². The van der Waals surface area contributed by atoms with Gasteiger partial charge in [0.25, 0.3) is 0 Å². The van der Waals surface area contributed by atoms with Crippen molar-refractivity contribution in [1.82, 2.24) is 5.43 Å². The molecule has 0 aromatic carbocycles. The molecule has 4 heteroatoms. The van der Waals surface area contributed by atoms with Gasteiger partial charge in [0.15, 0.2) is 0 Å². The third kappa shape index (κ3) is 13.1. The Labute approximate surface area is 156 Å². The van der Waals surface area contributed by atoms with E-state index in [4.69, 9.17) is 11.7 Å². The van der Waals surface area contributed by atoms with Gasteiger partial charge in [-0.3, -0.25) is 0 Å². The van der Waals surface area contributed by atoms with Crippen molar-refractivity contribution >= 4 is 5.84 Å². The summed E-state index contributed by atoms with van der Waals surface area (Å²) in [6.45, 7) is 2.46. The quantitative estimate of drug-likeness (QED) is 0.104. The highest BCUT2D eigenvalue weighted by Gasteiger charge is 2.26. The summed E-state index contributed by atoms with van der Waals surface area (Å²) in [5, 5.41) is 3.60. The molecule has 1 atom stereocenters. The Bertz CT molecular complexity index is 326. The van der Waals surface area contributed by atoms with Crippen LogP contribution in [-0.2, 0) is 0 Å². The molecule has 0 spiro atoms. The first-order valence-corrected chi connectivity index (χ1v) is 11.0. The van der Waals surface area contributed by atoms with Gasteiger partial charge in [0.2, 0.25) is 0 Å². The smallest absolute Gasteiger partial charge is 0.135 e. The van der Waals surface area contributed by atoms with Crippen LogP contribution in [0.5, 0.6) is 0 Å². The predicted octanol–water partition coefficient (Wildman–Crippen LogP) is 5.62. The van der Waals surface area contributed by atoms with Crippen LogP contribution >= 0.6 is 0 Å². The Hall–Kier alpha value is -0.770. The van der Waals surface area contributed by atoms with E-state index in [1.807, 2.05) is 0 Å². The van der Waals surface area contributed by atoms with Gasteiger partial charge < -0.3 is 11.3 Å². The molecule has 1 aliphatic rings. The van der Waals surface area contributed by atoms with Crippen molar-refractivity contribution in [3.8, 4) is 0 Å². The van der Waals surface area contributed by atoms with Crippen LogP contribution in [-0.4, -0.2) is 5.84 Å². The molecule has 1 aliphatic carbocycles. The number of hydrazine groups is 1. The lowest BCUT2D eigenvalue weighted by Gasteiger charge is -2.09. The number of nitrogens with one attached hydrogen (secondary N) is 1. The van der Waals surface area contributed by atoms with Crippen molar-refractivity contribution in [3.63, 3.8) is 0 Å². The summed E-state index contributed by atoms with van der Waals surface area (Å²) in [5.41, 5.74) is 2.54. The monoisotopic (exact) mass is 352 g/mol. The highest BCUT2D eigenvalue weighted by Crippen LogP contribution is 2.38. The minimum absolute atomic E-state index is 0.706. The lowest BCUT2D eigenvalue weighted by molar-refractivity contribution is 0.436. The Morgan fingerprint density at radius 1 is 0.840 bits per heavy atom. The Morgan fingerprint density at radius 3 is 1.68 bits per heavy atom. The second kappa shape index (κ2) is 15.5. The van der Waals surface area contributed by atoms with Gasteiger partial charge in [-0.25, -0.2) is 5.84 Å². The molecule has 4 nitrogen and oxygen atoms in total. The molecule has 0 aromatic heterocycles. The maximum atomic E-state index is 5.30. The second-order valence-corrected chi connectivity index (χ2v) is 8.17. The summed E-state index contributed by atoms with van der Waals surface area (Å²) in [7, 11) is 0. The molecule has 1 rings (SSSR count). The zero-order chi connectivity index (χ0) is 18.2. The first-order chi connectivity index (χ1) is 12.3. The fourth-order valence-electron chi connectivity index (χ4n) is 3.78.